The molecule has 0 saturated carbocycles. The van der Waals surface area contributed by atoms with E-state index in [1.54, 1.807) is 25.1 Å². The zero-order valence-electron chi connectivity index (χ0n) is 15.2. The van der Waals surface area contributed by atoms with E-state index in [4.69, 9.17) is 16.1 Å². The van der Waals surface area contributed by atoms with E-state index in [0.29, 0.717) is 16.5 Å². The highest BCUT2D eigenvalue weighted by Crippen LogP contribution is 2.22. The highest BCUT2D eigenvalue weighted by Gasteiger charge is 2.39. The molecule has 1 fully saturated rings. The fraction of sp³-hybridized carbons (Fsp3) is 0.421. The van der Waals surface area contributed by atoms with E-state index >= 15 is 0 Å². The SMILES string of the molecule is Cc1cc(CC(=O)N2C[C@H](O)C[C@H]2C(=O)NC(C)c2ccc(Cl)cc2)on1. The fourth-order valence-electron chi connectivity index (χ4n) is 3.23. The quantitative estimate of drug-likeness (QED) is 0.812. The van der Waals surface area contributed by atoms with Crippen LogP contribution in [0, 0.1) is 6.92 Å². The Bertz CT molecular complexity index is 821. The van der Waals surface area contributed by atoms with Gasteiger partial charge in [-0.3, -0.25) is 9.59 Å². The molecule has 2 N–H and O–H groups in total. The number of hydrogen-bond acceptors (Lipinski definition) is 5. The van der Waals surface area contributed by atoms with E-state index in [-0.39, 0.29) is 37.2 Å². The van der Waals surface area contributed by atoms with E-state index in [1.807, 2.05) is 19.1 Å². The molecule has 7 nitrogen and oxygen atoms in total. The number of carbonyl (C=O) groups is 2. The fourth-order valence-corrected chi connectivity index (χ4v) is 3.36. The van der Waals surface area contributed by atoms with E-state index in [1.165, 1.54) is 4.90 Å². The zero-order chi connectivity index (χ0) is 19.6. The molecule has 1 unspecified atom stereocenters. The first-order chi connectivity index (χ1) is 12.8. The molecule has 2 heterocycles. The number of rotatable bonds is 5. The summed E-state index contributed by atoms with van der Waals surface area (Å²) in [6, 6.07) is 7.91. The van der Waals surface area contributed by atoms with Crippen LogP contribution in [-0.4, -0.2) is 45.7 Å². The molecule has 3 atom stereocenters. The minimum atomic E-state index is -0.730. The van der Waals surface area contributed by atoms with Crippen molar-refractivity contribution in [3.8, 4) is 0 Å². The van der Waals surface area contributed by atoms with Gasteiger partial charge < -0.3 is 19.8 Å². The van der Waals surface area contributed by atoms with Crippen LogP contribution in [-0.2, 0) is 16.0 Å². The highest BCUT2D eigenvalue weighted by molar-refractivity contribution is 6.30. The zero-order valence-corrected chi connectivity index (χ0v) is 15.9. The molecule has 1 aliphatic heterocycles. The van der Waals surface area contributed by atoms with Crippen molar-refractivity contribution in [2.45, 2.75) is 44.9 Å². The lowest BCUT2D eigenvalue weighted by Gasteiger charge is -2.25. The van der Waals surface area contributed by atoms with Gasteiger partial charge in [0.1, 0.15) is 11.8 Å². The molecular formula is C19H22ClN3O4. The van der Waals surface area contributed by atoms with Crippen LogP contribution >= 0.6 is 11.6 Å². The Hall–Kier alpha value is -2.38. The normalized spacial score (nSPS) is 20.5. The number of hydrogen-bond donors (Lipinski definition) is 2. The van der Waals surface area contributed by atoms with Crippen LogP contribution in [0.4, 0.5) is 0 Å². The predicted octanol–water partition coefficient (Wildman–Crippen LogP) is 2.02. The van der Waals surface area contributed by atoms with E-state index in [0.717, 1.165) is 5.56 Å². The van der Waals surface area contributed by atoms with E-state index in [9.17, 15) is 14.7 Å². The minimum Gasteiger partial charge on any atom is -0.391 e. The number of aromatic nitrogens is 1. The summed E-state index contributed by atoms with van der Waals surface area (Å²) in [5.41, 5.74) is 1.59. The summed E-state index contributed by atoms with van der Waals surface area (Å²) in [5.74, 6) is -0.134. The molecule has 8 heteroatoms. The van der Waals surface area contributed by atoms with Gasteiger partial charge in [0.05, 0.1) is 24.3 Å². The van der Waals surface area contributed by atoms with Crippen molar-refractivity contribution in [3.05, 3.63) is 52.4 Å². The van der Waals surface area contributed by atoms with Crippen LogP contribution in [0.25, 0.3) is 0 Å². The summed E-state index contributed by atoms with van der Waals surface area (Å²) in [5, 5.41) is 17.3. The maximum absolute atomic E-state index is 12.7. The Labute approximate surface area is 162 Å². The smallest absolute Gasteiger partial charge is 0.243 e. The number of amides is 2. The maximum atomic E-state index is 12.7. The second-order valence-corrected chi connectivity index (χ2v) is 7.28. The molecular weight excluding hydrogens is 370 g/mol. The monoisotopic (exact) mass is 391 g/mol. The predicted molar refractivity (Wildman–Crippen MR) is 99.1 cm³/mol. The summed E-state index contributed by atoms with van der Waals surface area (Å²) in [7, 11) is 0. The van der Waals surface area contributed by atoms with Crippen LogP contribution in [0.15, 0.2) is 34.9 Å². The molecule has 1 saturated heterocycles. The van der Waals surface area contributed by atoms with Gasteiger partial charge in [-0.15, -0.1) is 0 Å². The molecule has 0 aliphatic carbocycles. The van der Waals surface area contributed by atoms with Gasteiger partial charge in [-0.05, 0) is 31.5 Å². The number of aliphatic hydroxyl groups is 1. The van der Waals surface area contributed by atoms with Crippen molar-refractivity contribution in [1.29, 1.82) is 0 Å². The van der Waals surface area contributed by atoms with Crippen LogP contribution in [0.1, 0.15) is 36.4 Å². The molecule has 0 spiro atoms. The number of nitrogens with one attached hydrogen (secondary N) is 1. The number of aliphatic hydroxyl groups excluding tert-OH is 1. The van der Waals surface area contributed by atoms with Crippen molar-refractivity contribution in [1.82, 2.24) is 15.4 Å². The van der Waals surface area contributed by atoms with Gasteiger partial charge in [0.25, 0.3) is 0 Å². The molecule has 0 radical (unpaired) electrons. The highest BCUT2D eigenvalue weighted by atomic mass is 35.5. The van der Waals surface area contributed by atoms with Crippen molar-refractivity contribution in [2.75, 3.05) is 6.54 Å². The summed E-state index contributed by atoms with van der Waals surface area (Å²) in [4.78, 5) is 26.8. The number of halogens is 1. The molecule has 1 aromatic heterocycles. The van der Waals surface area contributed by atoms with Gasteiger partial charge in [0, 0.05) is 24.1 Å². The Morgan fingerprint density at radius 1 is 1.41 bits per heavy atom. The minimum absolute atomic E-state index is 0.00405. The van der Waals surface area contributed by atoms with Crippen LogP contribution < -0.4 is 5.32 Å². The number of aryl methyl sites for hydroxylation is 1. The van der Waals surface area contributed by atoms with Gasteiger partial charge in [-0.25, -0.2) is 0 Å². The molecule has 1 aromatic carbocycles. The number of benzene rings is 1. The Balaban J connectivity index is 1.66. The van der Waals surface area contributed by atoms with Gasteiger partial charge in [0.15, 0.2) is 0 Å². The van der Waals surface area contributed by atoms with Crippen molar-refractivity contribution >= 4 is 23.4 Å². The molecule has 2 amide bonds. The molecule has 2 aromatic rings. The molecule has 144 valence electrons. The average Bonchev–Trinajstić information content (AvgIpc) is 3.21. The van der Waals surface area contributed by atoms with Gasteiger partial charge >= 0.3 is 0 Å². The van der Waals surface area contributed by atoms with Crippen molar-refractivity contribution in [2.24, 2.45) is 0 Å². The van der Waals surface area contributed by atoms with Crippen LogP contribution in [0.3, 0.4) is 0 Å². The molecule has 3 rings (SSSR count). The second kappa shape index (κ2) is 8.10. The lowest BCUT2D eigenvalue weighted by molar-refractivity contribution is -0.138. The number of carbonyl (C=O) groups excluding carboxylic acids is 2. The van der Waals surface area contributed by atoms with E-state index < -0.39 is 12.1 Å². The largest absolute Gasteiger partial charge is 0.391 e. The third kappa shape index (κ3) is 4.67. The molecule has 0 bridgehead atoms. The van der Waals surface area contributed by atoms with E-state index in [2.05, 4.69) is 10.5 Å². The lowest BCUT2D eigenvalue weighted by Crippen LogP contribution is -2.47. The van der Waals surface area contributed by atoms with Crippen LogP contribution in [0.5, 0.6) is 0 Å². The molecule has 27 heavy (non-hydrogen) atoms. The van der Waals surface area contributed by atoms with Crippen LogP contribution in [0.2, 0.25) is 5.02 Å². The summed E-state index contributed by atoms with van der Waals surface area (Å²) < 4.78 is 5.08. The number of β-amino-alcohol motifs (C(OH)–C–C–N with tert-alkyl or cyclic N) is 1. The second-order valence-electron chi connectivity index (χ2n) is 6.84. The van der Waals surface area contributed by atoms with Crippen molar-refractivity contribution < 1.29 is 19.2 Å². The lowest BCUT2D eigenvalue weighted by atomic mass is 10.1. The first kappa shape index (κ1) is 19.4. The summed E-state index contributed by atoms with van der Waals surface area (Å²) in [6.45, 7) is 3.75. The standard InChI is InChI=1S/C19H22ClN3O4/c1-11-7-16(27-22-11)9-18(25)23-10-15(24)8-17(23)19(26)21-12(2)13-3-5-14(20)6-4-13/h3-7,12,15,17,24H,8-10H2,1-2H3,(H,21,26)/t12?,15-,17+/m1/s1. The topological polar surface area (TPSA) is 95.7 Å². The Morgan fingerprint density at radius 3 is 2.74 bits per heavy atom. The van der Waals surface area contributed by atoms with Gasteiger partial charge in [-0.1, -0.05) is 28.9 Å². The number of likely N-dealkylation sites (tertiary alicyclic amines) is 1. The summed E-state index contributed by atoms with van der Waals surface area (Å²) >= 11 is 5.89. The number of nitrogens with zero attached hydrogens (tertiary/aromatic N) is 2. The van der Waals surface area contributed by atoms with Crippen molar-refractivity contribution in [3.63, 3.8) is 0 Å². The third-order valence-corrected chi connectivity index (χ3v) is 4.88. The Morgan fingerprint density at radius 2 is 2.11 bits per heavy atom. The van der Waals surface area contributed by atoms with Gasteiger partial charge in [-0.2, -0.15) is 0 Å². The Kier molecular flexibility index (Phi) is 5.82. The van der Waals surface area contributed by atoms with Gasteiger partial charge in [0.2, 0.25) is 11.8 Å². The average molecular weight is 392 g/mol. The first-order valence-electron chi connectivity index (χ1n) is 8.79. The molecule has 1 aliphatic rings. The maximum Gasteiger partial charge on any atom is 0.243 e. The third-order valence-electron chi connectivity index (χ3n) is 4.63. The summed E-state index contributed by atoms with van der Waals surface area (Å²) in [6.07, 6.45) is -0.517. The first-order valence-corrected chi connectivity index (χ1v) is 9.17.